The van der Waals surface area contributed by atoms with Gasteiger partial charge in [-0.2, -0.15) is 5.10 Å². The summed E-state index contributed by atoms with van der Waals surface area (Å²) in [5, 5.41) is 7.61. The zero-order valence-corrected chi connectivity index (χ0v) is 21.4. The number of aromatic nitrogens is 2. The van der Waals surface area contributed by atoms with Gasteiger partial charge in [0.2, 0.25) is 5.91 Å². The molecule has 4 rings (SSSR count). The van der Waals surface area contributed by atoms with Crippen molar-refractivity contribution in [1.82, 2.24) is 14.7 Å². The van der Waals surface area contributed by atoms with Gasteiger partial charge in [0.05, 0.1) is 19.9 Å². The smallest absolute Gasteiger partial charge is 0.276 e. The van der Waals surface area contributed by atoms with E-state index < -0.39 is 0 Å². The number of anilines is 1. The Kier molecular flexibility index (Phi) is 7.88. The molecule has 0 saturated carbocycles. The van der Waals surface area contributed by atoms with Gasteiger partial charge in [-0.05, 0) is 54.4 Å². The first-order valence-corrected chi connectivity index (χ1v) is 12.0. The zero-order chi connectivity index (χ0) is 26.4. The first-order valence-electron chi connectivity index (χ1n) is 12.0. The van der Waals surface area contributed by atoms with Gasteiger partial charge in [-0.15, -0.1) is 0 Å². The Balaban J connectivity index is 1.69. The van der Waals surface area contributed by atoms with Crippen LogP contribution in [0.1, 0.15) is 29.9 Å². The molecule has 0 fully saturated rings. The third-order valence-corrected chi connectivity index (χ3v) is 6.03. The number of carbonyl (C=O) groups excluding carboxylic acids is 2. The van der Waals surface area contributed by atoms with Crippen molar-refractivity contribution in [3.8, 4) is 28.3 Å². The summed E-state index contributed by atoms with van der Waals surface area (Å²) in [4.78, 5) is 27.1. The van der Waals surface area contributed by atoms with Crippen LogP contribution in [-0.4, -0.2) is 47.3 Å². The predicted octanol–water partition coefficient (Wildman–Crippen LogP) is 5.18. The molecular formula is C29H30N4O4. The van der Waals surface area contributed by atoms with Gasteiger partial charge in [0.15, 0.2) is 17.2 Å². The van der Waals surface area contributed by atoms with Crippen LogP contribution >= 0.6 is 0 Å². The Hall–Kier alpha value is -4.59. The molecule has 0 aliphatic carbocycles. The van der Waals surface area contributed by atoms with Crippen molar-refractivity contribution >= 4 is 17.5 Å². The number of hydrogen-bond acceptors (Lipinski definition) is 5. The lowest BCUT2D eigenvalue weighted by Gasteiger charge is -2.19. The fraction of sp³-hybridized carbons (Fsp3) is 0.207. The average molecular weight is 499 g/mol. The lowest BCUT2D eigenvalue weighted by Crippen LogP contribution is -2.27. The van der Waals surface area contributed by atoms with E-state index in [0.717, 1.165) is 16.8 Å². The summed E-state index contributed by atoms with van der Waals surface area (Å²) in [6, 6.07) is 22.6. The van der Waals surface area contributed by atoms with Crippen LogP contribution in [0.5, 0.6) is 11.5 Å². The van der Waals surface area contributed by atoms with Crippen molar-refractivity contribution in [3.63, 3.8) is 0 Å². The maximum absolute atomic E-state index is 13.5. The highest BCUT2D eigenvalue weighted by Gasteiger charge is 2.21. The van der Waals surface area contributed by atoms with E-state index in [1.807, 2.05) is 79.9 Å². The van der Waals surface area contributed by atoms with Crippen molar-refractivity contribution < 1.29 is 19.1 Å². The Morgan fingerprint density at radius 3 is 2.38 bits per heavy atom. The number of methoxy groups -OCH3 is 2. The Morgan fingerprint density at radius 2 is 1.70 bits per heavy atom. The number of benzene rings is 3. The molecule has 1 N–H and O–H groups in total. The van der Waals surface area contributed by atoms with Gasteiger partial charge < -0.3 is 19.7 Å². The van der Waals surface area contributed by atoms with E-state index in [4.69, 9.17) is 9.47 Å². The Morgan fingerprint density at radius 1 is 0.946 bits per heavy atom. The quantitative estimate of drug-likeness (QED) is 0.344. The summed E-state index contributed by atoms with van der Waals surface area (Å²) in [5.41, 5.74) is 4.04. The number of para-hydroxylation sites is 1. The summed E-state index contributed by atoms with van der Waals surface area (Å²) in [6.45, 7) is 4.56. The van der Waals surface area contributed by atoms with Crippen molar-refractivity contribution in [2.24, 2.45) is 0 Å². The van der Waals surface area contributed by atoms with E-state index >= 15 is 0 Å². The number of hydrogen-bond donors (Lipinski definition) is 1. The number of ether oxygens (including phenoxy) is 2. The van der Waals surface area contributed by atoms with Crippen LogP contribution in [0, 0.1) is 0 Å². The first-order chi connectivity index (χ1) is 17.9. The van der Waals surface area contributed by atoms with E-state index in [0.29, 0.717) is 35.8 Å². The highest BCUT2D eigenvalue weighted by atomic mass is 16.5. The van der Waals surface area contributed by atoms with Gasteiger partial charge >= 0.3 is 0 Å². The molecule has 2 amide bonds. The Labute approximate surface area is 216 Å². The number of rotatable bonds is 9. The minimum absolute atomic E-state index is 0.00273. The van der Waals surface area contributed by atoms with Crippen molar-refractivity contribution in [2.45, 2.75) is 20.4 Å². The fourth-order valence-electron chi connectivity index (χ4n) is 4.07. The average Bonchev–Trinajstić information content (AvgIpc) is 3.37. The summed E-state index contributed by atoms with van der Waals surface area (Å²) in [7, 11) is 3.15. The van der Waals surface area contributed by atoms with E-state index in [-0.39, 0.29) is 17.5 Å². The molecule has 0 unspecified atom stereocenters. The van der Waals surface area contributed by atoms with Gasteiger partial charge in [-0.1, -0.05) is 36.4 Å². The molecule has 0 aliphatic heterocycles. The molecule has 8 heteroatoms. The molecule has 0 bridgehead atoms. The SMILES string of the molecule is CCN(Cc1cccc(NC(=O)c2nn(-c3ccccc3)cc2-c2ccc(OC)c(OC)c2)c1)C(C)=O. The molecule has 0 radical (unpaired) electrons. The molecule has 3 aromatic carbocycles. The summed E-state index contributed by atoms with van der Waals surface area (Å²) >= 11 is 0. The number of amides is 2. The molecular weight excluding hydrogens is 468 g/mol. The third-order valence-electron chi connectivity index (χ3n) is 6.03. The summed E-state index contributed by atoms with van der Waals surface area (Å²) in [5.74, 6) is 0.798. The van der Waals surface area contributed by atoms with E-state index in [2.05, 4.69) is 10.4 Å². The predicted molar refractivity (Wildman–Crippen MR) is 143 cm³/mol. The fourth-order valence-corrected chi connectivity index (χ4v) is 4.07. The second kappa shape index (κ2) is 11.4. The van der Waals surface area contributed by atoms with Crippen molar-refractivity contribution in [2.75, 3.05) is 26.1 Å². The van der Waals surface area contributed by atoms with E-state index in [9.17, 15) is 9.59 Å². The second-order valence-corrected chi connectivity index (χ2v) is 8.43. The molecule has 1 heterocycles. The maximum atomic E-state index is 13.5. The highest BCUT2D eigenvalue weighted by Crippen LogP contribution is 2.34. The largest absolute Gasteiger partial charge is 0.493 e. The zero-order valence-electron chi connectivity index (χ0n) is 21.4. The molecule has 0 saturated heterocycles. The second-order valence-electron chi connectivity index (χ2n) is 8.43. The summed E-state index contributed by atoms with van der Waals surface area (Å²) < 4.78 is 12.5. The van der Waals surface area contributed by atoms with Crippen LogP contribution in [-0.2, 0) is 11.3 Å². The minimum atomic E-state index is -0.351. The van der Waals surface area contributed by atoms with Crippen LogP contribution in [0.15, 0.2) is 79.0 Å². The molecule has 0 spiro atoms. The number of carbonyl (C=O) groups is 2. The monoisotopic (exact) mass is 498 g/mol. The maximum Gasteiger partial charge on any atom is 0.276 e. The number of nitrogens with one attached hydrogen (secondary N) is 1. The van der Waals surface area contributed by atoms with Crippen LogP contribution in [0.2, 0.25) is 0 Å². The number of nitrogens with zero attached hydrogens (tertiary/aromatic N) is 3. The topological polar surface area (TPSA) is 85.7 Å². The lowest BCUT2D eigenvalue weighted by molar-refractivity contribution is -0.129. The first kappa shape index (κ1) is 25.5. The highest BCUT2D eigenvalue weighted by molar-refractivity contribution is 6.07. The lowest BCUT2D eigenvalue weighted by atomic mass is 10.1. The molecule has 4 aromatic rings. The van der Waals surface area contributed by atoms with Gasteiger partial charge in [0.25, 0.3) is 5.91 Å². The van der Waals surface area contributed by atoms with Gasteiger partial charge in [0, 0.05) is 37.5 Å². The Bertz CT molecular complexity index is 1400. The van der Waals surface area contributed by atoms with Gasteiger partial charge in [-0.25, -0.2) is 4.68 Å². The molecule has 37 heavy (non-hydrogen) atoms. The molecule has 8 nitrogen and oxygen atoms in total. The molecule has 190 valence electrons. The molecule has 0 atom stereocenters. The van der Waals surface area contributed by atoms with Crippen LogP contribution in [0.25, 0.3) is 16.8 Å². The van der Waals surface area contributed by atoms with Gasteiger partial charge in [-0.3, -0.25) is 9.59 Å². The van der Waals surface area contributed by atoms with Crippen LogP contribution < -0.4 is 14.8 Å². The third kappa shape index (κ3) is 5.81. The van der Waals surface area contributed by atoms with Crippen LogP contribution in [0.3, 0.4) is 0 Å². The normalized spacial score (nSPS) is 10.6. The molecule has 0 aliphatic rings. The van der Waals surface area contributed by atoms with E-state index in [1.54, 1.807) is 36.8 Å². The van der Waals surface area contributed by atoms with Crippen molar-refractivity contribution in [1.29, 1.82) is 0 Å². The van der Waals surface area contributed by atoms with E-state index in [1.165, 1.54) is 0 Å². The standard InChI is InChI=1S/C29H30N4O4/c1-5-32(20(2)34)18-21-10-9-11-23(16-21)30-29(35)28-25(19-33(31-28)24-12-7-6-8-13-24)22-14-15-26(36-3)27(17-22)37-4/h6-17,19H,5,18H2,1-4H3,(H,30,35). The van der Waals surface area contributed by atoms with Crippen molar-refractivity contribution in [3.05, 3.63) is 90.3 Å². The molecule has 1 aromatic heterocycles. The van der Waals surface area contributed by atoms with Crippen LogP contribution in [0.4, 0.5) is 5.69 Å². The summed E-state index contributed by atoms with van der Waals surface area (Å²) in [6.07, 6.45) is 1.83. The van der Waals surface area contributed by atoms with Gasteiger partial charge in [0.1, 0.15) is 0 Å². The minimum Gasteiger partial charge on any atom is -0.493 e.